The highest BCUT2D eigenvalue weighted by Crippen LogP contribution is 2.22. The first-order valence-corrected chi connectivity index (χ1v) is 6.10. The summed E-state index contributed by atoms with van der Waals surface area (Å²) in [6.45, 7) is 0. The van der Waals surface area contributed by atoms with Gasteiger partial charge in [-0.15, -0.1) is 0 Å². The molecule has 0 spiro atoms. The van der Waals surface area contributed by atoms with E-state index in [0.717, 1.165) is 0 Å². The summed E-state index contributed by atoms with van der Waals surface area (Å²) in [5, 5.41) is 15.5. The molecule has 0 unspecified atom stereocenters. The number of carboxylic acid groups (broad SMARTS) is 1. The minimum Gasteiger partial charge on any atom is -0.478 e. The van der Waals surface area contributed by atoms with Crippen molar-refractivity contribution in [1.82, 2.24) is 9.78 Å². The van der Waals surface area contributed by atoms with Crippen molar-refractivity contribution in [2.75, 3.05) is 5.32 Å². The Kier molecular flexibility index (Phi) is 3.66. The SMILES string of the molecule is Cn1ccc(C(=O)Nc2cc(Br)ccc2C(=O)O)n1. The molecule has 19 heavy (non-hydrogen) atoms. The van der Waals surface area contributed by atoms with Crippen LogP contribution in [0.2, 0.25) is 0 Å². The molecule has 7 heteroatoms. The Bertz CT molecular complexity index is 651. The van der Waals surface area contributed by atoms with E-state index in [4.69, 9.17) is 5.11 Å². The van der Waals surface area contributed by atoms with Crippen LogP contribution in [0.1, 0.15) is 20.8 Å². The van der Waals surface area contributed by atoms with Crippen molar-refractivity contribution >= 4 is 33.5 Å². The number of anilines is 1. The summed E-state index contributed by atoms with van der Waals surface area (Å²) in [6.07, 6.45) is 1.63. The molecule has 0 radical (unpaired) electrons. The predicted octanol–water partition coefficient (Wildman–Crippen LogP) is 2.13. The topological polar surface area (TPSA) is 84.2 Å². The molecular formula is C12H10BrN3O3. The van der Waals surface area contributed by atoms with Gasteiger partial charge in [0.15, 0.2) is 5.69 Å². The average Bonchev–Trinajstić information content (AvgIpc) is 2.75. The third-order valence-electron chi connectivity index (χ3n) is 2.41. The molecule has 1 heterocycles. The Morgan fingerprint density at radius 2 is 2.11 bits per heavy atom. The molecular weight excluding hydrogens is 314 g/mol. The summed E-state index contributed by atoms with van der Waals surface area (Å²) in [5.74, 6) is -1.56. The summed E-state index contributed by atoms with van der Waals surface area (Å²) >= 11 is 3.23. The van der Waals surface area contributed by atoms with E-state index in [9.17, 15) is 9.59 Å². The molecule has 2 rings (SSSR count). The second-order valence-corrected chi connectivity index (χ2v) is 4.74. The molecule has 1 aromatic heterocycles. The number of nitrogens with one attached hydrogen (secondary N) is 1. The lowest BCUT2D eigenvalue weighted by Gasteiger charge is -2.07. The zero-order valence-electron chi connectivity index (χ0n) is 9.92. The summed E-state index contributed by atoms with van der Waals surface area (Å²) in [7, 11) is 1.69. The van der Waals surface area contributed by atoms with Crippen molar-refractivity contribution in [3.63, 3.8) is 0 Å². The van der Waals surface area contributed by atoms with Crippen LogP contribution in [0.3, 0.4) is 0 Å². The first-order valence-electron chi connectivity index (χ1n) is 5.31. The van der Waals surface area contributed by atoms with Gasteiger partial charge in [0.05, 0.1) is 11.3 Å². The van der Waals surface area contributed by atoms with E-state index in [2.05, 4.69) is 26.3 Å². The highest BCUT2D eigenvalue weighted by Gasteiger charge is 2.15. The van der Waals surface area contributed by atoms with Crippen LogP contribution in [-0.2, 0) is 7.05 Å². The molecule has 0 atom stereocenters. The zero-order chi connectivity index (χ0) is 14.0. The first-order chi connectivity index (χ1) is 8.97. The molecule has 6 nitrogen and oxygen atoms in total. The van der Waals surface area contributed by atoms with Crippen molar-refractivity contribution in [3.8, 4) is 0 Å². The number of benzene rings is 1. The van der Waals surface area contributed by atoms with Gasteiger partial charge in [-0.2, -0.15) is 5.10 Å². The third kappa shape index (κ3) is 3.00. The number of rotatable bonds is 3. The third-order valence-corrected chi connectivity index (χ3v) is 2.90. The lowest BCUT2D eigenvalue weighted by atomic mass is 10.2. The van der Waals surface area contributed by atoms with Crippen LogP contribution in [0.4, 0.5) is 5.69 Å². The number of nitrogens with zero attached hydrogens (tertiary/aromatic N) is 2. The molecule has 0 saturated heterocycles. The van der Waals surface area contributed by atoms with Gasteiger partial charge in [0.25, 0.3) is 5.91 Å². The number of aromatic carboxylic acids is 1. The summed E-state index contributed by atoms with van der Waals surface area (Å²) < 4.78 is 2.17. The van der Waals surface area contributed by atoms with E-state index in [0.29, 0.717) is 4.47 Å². The van der Waals surface area contributed by atoms with Crippen LogP contribution in [0.15, 0.2) is 34.9 Å². The maximum absolute atomic E-state index is 11.9. The van der Waals surface area contributed by atoms with Crippen molar-refractivity contribution in [2.24, 2.45) is 7.05 Å². The lowest BCUT2D eigenvalue weighted by Crippen LogP contribution is -2.15. The van der Waals surface area contributed by atoms with Crippen LogP contribution >= 0.6 is 15.9 Å². The molecule has 2 N–H and O–H groups in total. The van der Waals surface area contributed by atoms with Gasteiger partial charge in [0.2, 0.25) is 0 Å². The molecule has 0 aliphatic carbocycles. The number of hydrogen-bond donors (Lipinski definition) is 2. The minimum atomic E-state index is -1.11. The Morgan fingerprint density at radius 1 is 1.37 bits per heavy atom. The van der Waals surface area contributed by atoms with E-state index < -0.39 is 11.9 Å². The second-order valence-electron chi connectivity index (χ2n) is 3.82. The Hall–Kier alpha value is -2.15. The van der Waals surface area contributed by atoms with E-state index in [1.807, 2.05) is 0 Å². The largest absolute Gasteiger partial charge is 0.478 e. The van der Waals surface area contributed by atoms with E-state index in [-0.39, 0.29) is 16.9 Å². The molecule has 0 aliphatic rings. The fraction of sp³-hybridized carbons (Fsp3) is 0.0833. The van der Waals surface area contributed by atoms with E-state index >= 15 is 0 Å². The molecule has 2 aromatic rings. The van der Waals surface area contributed by atoms with Crippen molar-refractivity contribution in [3.05, 3.63) is 46.2 Å². The molecule has 1 aromatic carbocycles. The number of carboxylic acids is 1. The molecule has 1 amide bonds. The van der Waals surface area contributed by atoms with Gasteiger partial charge in [-0.25, -0.2) is 4.79 Å². The Morgan fingerprint density at radius 3 is 2.68 bits per heavy atom. The van der Waals surface area contributed by atoms with Gasteiger partial charge in [-0.3, -0.25) is 9.48 Å². The molecule has 0 fully saturated rings. The van der Waals surface area contributed by atoms with E-state index in [1.54, 1.807) is 25.4 Å². The van der Waals surface area contributed by atoms with Gasteiger partial charge in [-0.05, 0) is 24.3 Å². The second kappa shape index (κ2) is 5.23. The number of aryl methyl sites for hydroxylation is 1. The number of carbonyl (C=O) groups excluding carboxylic acids is 1. The van der Waals surface area contributed by atoms with Gasteiger partial charge < -0.3 is 10.4 Å². The fourth-order valence-corrected chi connectivity index (χ4v) is 1.89. The first kappa shape index (κ1) is 13.3. The number of halogens is 1. The maximum Gasteiger partial charge on any atom is 0.337 e. The van der Waals surface area contributed by atoms with Crippen LogP contribution < -0.4 is 5.32 Å². The zero-order valence-corrected chi connectivity index (χ0v) is 11.5. The number of amides is 1. The van der Waals surface area contributed by atoms with Gasteiger partial charge >= 0.3 is 5.97 Å². The van der Waals surface area contributed by atoms with Gasteiger partial charge in [0, 0.05) is 17.7 Å². The Balaban J connectivity index is 2.30. The summed E-state index contributed by atoms with van der Waals surface area (Å²) in [4.78, 5) is 23.0. The number of carbonyl (C=O) groups is 2. The standard InChI is InChI=1S/C12H10BrN3O3/c1-16-5-4-9(15-16)11(17)14-10-6-7(13)2-3-8(10)12(18)19/h2-6H,1H3,(H,14,17)(H,18,19). The monoisotopic (exact) mass is 323 g/mol. The quantitative estimate of drug-likeness (QED) is 0.906. The number of hydrogen-bond acceptors (Lipinski definition) is 3. The average molecular weight is 324 g/mol. The maximum atomic E-state index is 11.9. The fourth-order valence-electron chi connectivity index (χ4n) is 1.53. The van der Waals surface area contributed by atoms with Crippen molar-refractivity contribution in [1.29, 1.82) is 0 Å². The molecule has 0 saturated carbocycles. The molecule has 0 aliphatic heterocycles. The van der Waals surface area contributed by atoms with Crippen LogP contribution in [-0.4, -0.2) is 26.8 Å². The van der Waals surface area contributed by atoms with Gasteiger partial charge in [0.1, 0.15) is 0 Å². The summed E-state index contributed by atoms with van der Waals surface area (Å²) in [5.41, 5.74) is 0.462. The van der Waals surface area contributed by atoms with Crippen LogP contribution in [0, 0.1) is 0 Å². The van der Waals surface area contributed by atoms with Crippen LogP contribution in [0.5, 0.6) is 0 Å². The Labute approximate surface area is 117 Å². The van der Waals surface area contributed by atoms with Gasteiger partial charge in [-0.1, -0.05) is 15.9 Å². The lowest BCUT2D eigenvalue weighted by molar-refractivity contribution is 0.0698. The highest BCUT2D eigenvalue weighted by molar-refractivity contribution is 9.10. The van der Waals surface area contributed by atoms with Crippen molar-refractivity contribution < 1.29 is 14.7 Å². The smallest absolute Gasteiger partial charge is 0.337 e. The molecule has 98 valence electrons. The van der Waals surface area contributed by atoms with Crippen LogP contribution in [0.25, 0.3) is 0 Å². The molecule has 0 bridgehead atoms. The normalized spacial score (nSPS) is 10.2. The van der Waals surface area contributed by atoms with Crippen molar-refractivity contribution in [2.45, 2.75) is 0 Å². The number of aromatic nitrogens is 2. The highest BCUT2D eigenvalue weighted by atomic mass is 79.9. The van der Waals surface area contributed by atoms with E-state index in [1.165, 1.54) is 16.8 Å². The predicted molar refractivity (Wildman–Crippen MR) is 72.3 cm³/mol. The summed E-state index contributed by atoms with van der Waals surface area (Å²) in [6, 6.07) is 6.10. The minimum absolute atomic E-state index is 0.0208.